The SMILES string of the molecule is CC.Cc1c(OCC2CC2)ccc2c(CCC3CCCNCC3)noc12. The summed E-state index contributed by atoms with van der Waals surface area (Å²) in [6, 6.07) is 4.22. The second kappa shape index (κ2) is 9.40. The molecule has 2 heterocycles. The van der Waals surface area contributed by atoms with E-state index in [4.69, 9.17) is 9.26 Å². The Balaban J connectivity index is 0.000000948. The second-order valence-electron chi connectivity index (χ2n) is 7.53. The quantitative estimate of drug-likeness (QED) is 0.764. The van der Waals surface area contributed by atoms with Crippen molar-refractivity contribution < 1.29 is 9.26 Å². The minimum Gasteiger partial charge on any atom is -0.493 e. The van der Waals surface area contributed by atoms with E-state index in [-0.39, 0.29) is 0 Å². The van der Waals surface area contributed by atoms with Gasteiger partial charge in [-0.05, 0) is 88.9 Å². The Kier molecular flexibility index (Phi) is 6.95. The van der Waals surface area contributed by atoms with Gasteiger partial charge >= 0.3 is 0 Å². The molecule has 2 aromatic rings. The van der Waals surface area contributed by atoms with Crippen molar-refractivity contribution >= 4 is 11.0 Å². The molecule has 0 spiro atoms. The predicted molar refractivity (Wildman–Crippen MR) is 107 cm³/mol. The highest BCUT2D eigenvalue weighted by Gasteiger charge is 2.23. The van der Waals surface area contributed by atoms with Crippen molar-refractivity contribution in [3.63, 3.8) is 0 Å². The first-order valence-corrected chi connectivity index (χ1v) is 10.5. The number of hydrogen-bond donors (Lipinski definition) is 1. The van der Waals surface area contributed by atoms with E-state index in [1.807, 2.05) is 13.8 Å². The molecule has 1 aliphatic heterocycles. The van der Waals surface area contributed by atoms with Crippen molar-refractivity contribution in [1.82, 2.24) is 10.5 Å². The molecule has 0 radical (unpaired) electrons. The monoisotopic (exact) mass is 358 g/mol. The van der Waals surface area contributed by atoms with Crippen molar-refractivity contribution in [2.24, 2.45) is 11.8 Å². The third-order valence-corrected chi connectivity index (χ3v) is 5.57. The van der Waals surface area contributed by atoms with E-state index in [1.54, 1.807) is 0 Å². The van der Waals surface area contributed by atoms with Crippen LogP contribution in [0, 0.1) is 18.8 Å². The van der Waals surface area contributed by atoms with E-state index in [9.17, 15) is 0 Å². The van der Waals surface area contributed by atoms with Gasteiger partial charge < -0.3 is 14.6 Å². The van der Waals surface area contributed by atoms with Crippen LogP contribution < -0.4 is 10.1 Å². The summed E-state index contributed by atoms with van der Waals surface area (Å²) in [6.07, 6.45) is 8.76. The predicted octanol–water partition coefficient (Wildman–Crippen LogP) is 5.27. The van der Waals surface area contributed by atoms with Gasteiger partial charge in [0.2, 0.25) is 0 Å². The lowest BCUT2D eigenvalue weighted by molar-refractivity contribution is 0.297. The van der Waals surface area contributed by atoms with Crippen molar-refractivity contribution in [3.05, 3.63) is 23.4 Å². The number of benzene rings is 1. The molecular weight excluding hydrogens is 324 g/mol. The van der Waals surface area contributed by atoms with Crippen LogP contribution in [0.15, 0.2) is 16.7 Å². The Morgan fingerprint density at radius 3 is 2.77 bits per heavy atom. The van der Waals surface area contributed by atoms with Crippen molar-refractivity contribution in [3.8, 4) is 5.75 Å². The van der Waals surface area contributed by atoms with Crippen LogP contribution in [0.2, 0.25) is 0 Å². The third kappa shape index (κ3) is 4.79. The Morgan fingerprint density at radius 1 is 1.12 bits per heavy atom. The number of hydrogen-bond acceptors (Lipinski definition) is 4. The van der Waals surface area contributed by atoms with Gasteiger partial charge in [0.25, 0.3) is 0 Å². The van der Waals surface area contributed by atoms with Crippen LogP contribution in [0.4, 0.5) is 0 Å². The molecule has 2 fully saturated rings. The van der Waals surface area contributed by atoms with Crippen molar-refractivity contribution in [2.45, 2.75) is 65.7 Å². The van der Waals surface area contributed by atoms with E-state index < -0.39 is 0 Å². The van der Waals surface area contributed by atoms with Crippen LogP contribution in [-0.2, 0) is 6.42 Å². The van der Waals surface area contributed by atoms with E-state index in [0.717, 1.165) is 59.4 Å². The molecule has 1 N–H and O–H groups in total. The maximum absolute atomic E-state index is 5.95. The van der Waals surface area contributed by atoms with Crippen molar-refractivity contribution in [1.29, 1.82) is 0 Å². The van der Waals surface area contributed by atoms with Gasteiger partial charge in [-0.3, -0.25) is 0 Å². The summed E-state index contributed by atoms with van der Waals surface area (Å²) in [4.78, 5) is 0. The molecule has 1 atom stereocenters. The van der Waals surface area contributed by atoms with Crippen LogP contribution in [0.3, 0.4) is 0 Å². The first kappa shape index (κ1) is 19.2. The molecule has 1 aromatic carbocycles. The maximum atomic E-state index is 5.95. The summed E-state index contributed by atoms with van der Waals surface area (Å²) < 4.78 is 11.6. The Bertz CT molecular complexity index is 683. The first-order valence-electron chi connectivity index (χ1n) is 10.5. The zero-order valence-corrected chi connectivity index (χ0v) is 16.6. The summed E-state index contributed by atoms with van der Waals surface area (Å²) in [5, 5.41) is 9.02. The first-order chi connectivity index (χ1) is 12.8. The van der Waals surface area contributed by atoms with Gasteiger partial charge in [0.15, 0.2) is 5.58 Å². The molecule has 4 heteroatoms. The van der Waals surface area contributed by atoms with Crippen LogP contribution in [0.25, 0.3) is 11.0 Å². The summed E-state index contributed by atoms with van der Waals surface area (Å²) in [6.45, 7) is 9.25. The lowest BCUT2D eigenvalue weighted by Crippen LogP contribution is -2.14. The number of aryl methyl sites for hydroxylation is 2. The molecule has 1 aliphatic carbocycles. The van der Waals surface area contributed by atoms with Crippen LogP contribution in [-0.4, -0.2) is 24.9 Å². The molecule has 0 bridgehead atoms. The largest absolute Gasteiger partial charge is 0.493 e. The molecule has 1 unspecified atom stereocenters. The van der Waals surface area contributed by atoms with E-state index >= 15 is 0 Å². The highest BCUT2D eigenvalue weighted by atomic mass is 16.5. The van der Waals surface area contributed by atoms with Crippen molar-refractivity contribution in [2.75, 3.05) is 19.7 Å². The highest BCUT2D eigenvalue weighted by molar-refractivity contribution is 5.84. The van der Waals surface area contributed by atoms with Crippen LogP contribution in [0.5, 0.6) is 5.75 Å². The molecule has 1 saturated carbocycles. The van der Waals surface area contributed by atoms with Crippen LogP contribution in [0.1, 0.15) is 63.6 Å². The maximum Gasteiger partial charge on any atom is 0.173 e. The number of aromatic nitrogens is 1. The van der Waals surface area contributed by atoms with Gasteiger partial charge in [-0.2, -0.15) is 0 Å². The van der Waals surface area contributed by atoms with E-state index in [2.05, 4.69) is 29.5 Å². The number of rotatable bonds is 6. The number of nitrogens with zero attached hydrogens (tertiary/aromatic N) is 1. The summed E-state index contributed by atoms with van der Waals surface area (Å²) in [5.41, 5.74) is 3.10. The minimum absolute atomic E-state index is 0.763. The van der Waals surface area contributed by atoms with E-state index in [0.29, 0.717) is 0 Å². The lowest BCUT2D eigenvalue weighted by Gasteiger charge is -2.12. The van der Waals surface area contributed by atoms with Gasteiger partial charge in [0, 0.05) is 10.9 Å². The fourth-order valence-corrected chi connectivity index (χ4v) is 3.72. The van der Waals surface area contributed by atoms with E-state index in [1.165, 1.54) is 45.1 Å². The van der Waals surface area contributed by atoms with Gasteiger partial charge in [-0.25, -0.2) is 0 Å². The molecule has 1 saturated heterocycles. The molecule has 2 aliphatic rings. The normalized spacial score (nSPS) is 20.3. The highest BCUT2D eigenvalue weighted by Crippen LogP contribution is 2.33. The standard InChI is InChI=1S/C20H28N2O2.C2H6/c1-14-19(23-13-16-4-5-16)9-7-17-18(22-24-20(14)17)8-6-15-3-2-11-21-12-10-15;1-2/h7,9,15-16,21H,2-6,8,10-13H2,1H3;1-2H3. The smallest absolute Gasteiger partial charge is 0.173 e. The summed E-state index contributed by atoms with van der Waals surface area (Å²) >= 11 is 0. The molecular formula is C22H34N2O2. The van der Waals surface area contributed by atoms with Gasteiger partial charge in [0.1, 0.15) is 5.75 Å². The molecule has 144 valence electrons. The topological polar surface area (TPSA) is 47.3 Å². The Labute approximate surface area is 157 Å². The van der Waals surface area contributed by atoms with Gasteiger partial charge in [0.05, 0.1) is 12.3 Å². The third-order valence-electron chi connectivity index (χ3n) is 5.57. The zero-order valence-electron chi connectivity index (χ0n) is 16.6. The molecule has 0 amide bonds. The Hall–Kier alpha value is -1.55. The second-order valence-corrected chi connectivity index (χ2v) is 7.53. The summed E-state index contributed by atoms with van der Waals surface area (Å²) in [5.74, 6) is 2.53. The zero-order chi connectivity index (χ0) is 18.4. The average molecular weight is 359 g/mol. The number of fused-ring (bicyclic) bond motifs is 1. The molecule has 26 heavy (non-hydrogen) atoms. The fourth-order valence-electron chi connectivity index (χ4n) is 3.72. The summed E-state index contributed by atoms with van der Waals surface area (Å²) in [7, 11) is 0. The Morgan fingerprint density at radius 2 is 1.96 bits per heavy atom. The van der Waals surface area contributed by atoms with Gasteiger partial charge in [-0.1, -0.05) is 19.0 Å². The minimum atomic E-state index is 0.763. The van der Waals surface area contributed by atoms with Crippen LogP contribution >= 0.6 is 0 Å². The lowest BCUT2D eigenvalue weighted by atomic mass is 9.94. The average Bonchev–Trinajstić information content (AvgIpc) is 3.46. The molecule has 1 aromatic heterocycles. The molecule has 4 nitrogen and oxygen atoms in total. The number of nitrogens with one attached hydrogen (secondary N) is 1. The van der Waals surface area contributed by atoms with Gasteiger partial charge in [-0.15, -0.1) is 0 Å². The molecule has 4 rings (SSSR count). The fraction of sp³-hybridized carbons (Fsp3) is 0.682. The number of ether oxygens (including phenoxy) is 1.